The summed E-state index contributed by atoms with van der Waals surface area (Å²) in [5.74, 6) is 0. The highest BCUT2D eigenvalue weighted by atomic mass is 35.5. The zero-order valence-electron chi connectivity index (χ0n) is 12.1. The summed E-state index contributed by atoms with van der Waals surface area (Å²) in [4.78, 5) is 5.46. The number of alkyl halides is 1. The third-order valence-electron chi connectivity index (χ3n) is 3.41. The Morgan fingerprint density at radius 3 is 2.22 bits per heavy atom. The average Bonchev–Trinajstić information content (AvgIpc) is 3.08. The minimum Gasteiger partial charge on any atom is -0.336 e. The monoisotopic (exact) mass is 364 g/mol. The predicted molar refractivity (Wildman–Crippen MR) is 93.4 cm³/mol. The van der Waals surface area contributed by atoms with Crippen LogP contribution in [0.2, 0.25) is 5.02 Å². The fourth-order valence-corrected chi connectivity index (χ4v) is 3.65. The molecule has 118 valence electrons. The van der Waals surface area contributed by atoms with Crippen LogP contribution in [0.3, 0.4) is 0 Å². The second kappa shape index (κ2) is 7.30. The van der Waals surface area contributed by atoms with Gasteiger partial charge in [0.15, 0.2) is 0 Å². The van der Waals surface area contributed by atoms with Crippen molar-refractivity contribution < 1.29 is 4.21 Å². The number of halogens is 2. The van der Waals surface area contributed by atoms with E-state index in [1.54, 1.807) is 36.8 Å². The molecule has 3 rings (SSSR count). The van der Waals surface area contributed by atoms with Crippen molar-refractivity contribution in [3.8, 4) is 0 Å². The van der Waals surface area contributed by atoms with E-state index in [9.17, 15) is 4.21 Å². The number of rotatable bonds is 5. The largest absolute Gasteiger partial charge is 0.336 e. The van der Waals surface area contributed by atoms with Gasteiger partial charge in [-0.15, -0.1) is 11.6 Å². The molecule has 0 fully saturated rings. The van der Waals surface area contributed by atoms with Gasteiger partial charge < -0.3 is 4.57 Å². The van der Waals surface area contributed by atoms with Crippen LogP contribution in [0.5, 0.6) is 0 Å². The number of aromatic nitrogens is 2. The lowest BCUT2D eigenvalue weighted by Gasteiger charge is -2.11. The molecule has 0 aliphatic carbocycles. The van der Waals surface area contributed by atoms with Crippen molar-refractivity contribution in [1.29, 1.82) is 0 Å². The van der Waals surface area contributed by atoms with E-state index in [4.69, 9.17) is 23.2 Å². The highest BCUT2D eigenvalue weighted by Crippen LogP contribution is 2.25. The number of hydrogen-bond donors (Lipinski definition) is 0. The van der Waals surface area contributed by atoms with E-state index in [1.807, 2.05) is 35.0 Å². The molecule has 2 aromatic carbocycles. The molecule has 0 aliphatic heterocycles. The summed E-state index contributed by atoms with van der Waals surface area (Å²) in [5.41, 5.74) is 0.984. The zero-order valence-corrected chi connectivity index (χ0v) is 14.4. The van der Waals surface area contributed by atoms with E-state index in [2.05, 4.69) is 4.98 Å². The van der Waals surface area contributed by atoms with Crippen LogP contribution in [0.4, 0.5) is 0 Å². The quantitative estimate of drug-likeness (QED) is 0.615. The summed E-state index contributed by atoms with van der Waals surface area (Å²) in [6, 6.07) is 14.6. The first-order valence-electron chi connectivity index (χ1n) is 7.00. The Balaban J connectivity index is 1.73. The molecule has 2 unspecified atom stereocenters. The third kappa shape index (κ3) is 4.02. The van der Waals surface area contributed by atoms with Gasteiger partial charge in [-0.25, -0.2) is 9.19 Å². The van der Waals surface area contributed by atoms with Crippen LogP contribution in [0, 0.1) is 0 Å². The molecule has 2 atom stereocenters. The van der Waals surface area contributed by atoms with E-state index in [0.29, 0.717) is 11.6 Å². The molecule has 0 saturated carbocycles. The van der Waals surface area contributed by atoms with Gasteiger partial charge in [-0.1, -0.05) is 23.7 Å². The molecule has 23 heavy (non-hydrogen) atoms. The molecule has 3 nitrogen and oxygen atoms in total. The molecule has 0 amide bonds. The van der Waals surface area contributed by atoms with Gasteiger partial charge in [0, 0.05) is 33.8 Å². The lowest BCUT2D eigenvalue weighted by molar-refractivity contribution is 0.675. The number of hydrogen-bond acceptors (Lipinski definition) is 2. The summed E-state index contributed by atoms with van der Waals surface area (Å²) in [5, 5.41) is 0.466. The van der Waals surface area contributed by atoms with Crippen LogP contribution in [0.15, 0.2) is 77.0 Å². The molecule has 0 saturated heterocycles. The van der Waals surface area contributed by atoms with Gasteiger partial charge >= 0.3 is 0 Å². The number of imidazole rings is 1. The van der Waals surface area contributed by atoms with Crippen molar-refractivity contribution in [2.45, 2.75) is 21.7 Å². The predicted octanol–water partition coefficient (Wildman–Crippen LogP) is 4.68. The maximum Gasteiger partial charge on any atom is 0.0946 e. The van der Waals surface area contributed by atoms with Crippen molar-refractivity contribution in [2.24, 2.45) is 0 Å². The van der Waals surface area contributed by atoms with Crippen LogP contribution in [0.1, 0.15) is 10.9 Å². The van der Waals surface area contributed by atoms with Gasteiger partial charge in [-0.3, -0.25) is 0 Å². The molecule has 6 heteroatoms. The summed E-state index contributed by atoms with van der Waals surface area (Å²) in [7, 11) is -1.22. The Hall–Kier alpha value is -1.62. The first-order chi connectivity index (χ1) is 11.1. The second-order valence-corrected chi connectivity index (χ2v) is 7.46. The fraction of sp³-hybridized carbons (Fsp3) is 0.118. The maximum atomic E-state index is 12.5. The van der Waals surface area contributed by atoms with E-state index >= 15 is 0 Å². The van der Waals surface area contributed by atoms with E-state index in [-0.39, 0.29) is 5.38 Å². The third-order valence-corrected chi connectivity index (χ3v) is 5.46. The molecule has 0 N–H and O–H groups in total. The minimum absolute atomic E-state index is 0.165. The van der Waals surface area contributed by atoms with E-state index in [1.165, 1.54) is 0 Å². The maximum absolute atomic E-state index is 12.5. The smallest absolute Gasteiger partial charge is 0.0946 e. The van der Waals surface area contributed by atoms with Gasteiger partial charge in [0.05, 0.1) is 22.5 Å². The van der Waals surface area contributed by atoms with Crippen molar-refractivity contribution in [2.75, 3.05) is 0 Å². The molecule has 0 aliphatic rings. The highest BCUT2D eigenvalue weighted by Gasteiger charge is 2.11. The Labute approximate surface area is 147 Å². The highest BCUT2D eigenvalue weighted by molar-refractivity contribution is 7.85. The average molecular weight is 365 g/mol. The Morgan fingerprint density at radius 2 is 1.65 bits per heavy atom. The Morgan fingerprint density at radius 1 is 1.04 bits per heavy atom. The summed E-state index contributed by atoms with van der Waals surface area (Å²) < 4.78 is 14.4. The normalized spacial score (nSPS) is 13.7. The van der Waals surface area contributed by atoms with Crippen LogP contribution in [-0.4, -0.2) is 13.8 Å². The summed E-state index contributed by atoms with van der Waals surface area (Å²) >= 11 is 12.3. The molecule has 0 spiro atoms. The first-order valence-corrected chi connectivity index (χ1v) is 8.97. The molecule has 0 radical (unpaired) electrons. The summed E-state index contributed by atoms with van der Waals surface area (Å²) in [6.07, 6.45) is 5.33. The standard InChI is InChI=1S/C17H14Cl2N2OS/c18-14-3-7-16(8-4-14)23(22)15-5-1-13(2-6-15)17(19)11-21-10-9-20-12-21/h1-10,12,17H,11H2. The van der Waals surface area contributed by atoms with Crippen molar-refractivity contribution in [1.82, 2.24) is 9.55 Å². The van der Waals surface area contributed by atoms with Gasteiger partial charge in [-0.05, 0) is 42.0 Å². The van der Waals surface area contributed by atoms with Gasteiger partial charge in [0.25, 0.3) is 0 Å². The number of benzene rings is 2. The second-order valence-electron chi connectivity index (χ2n) is 5.02. The van der Waals surface area contributed by atoms with Crippen molar-refractivity contribution >= 4 is 34.0 Å². The van der Waals surface area contributed by atoms with Crippen LogP contribution < -0.4 is 0 Å². The van der Waals surface area contributed by atoms with Crippen molar-refractivity contribution in [3.05, 3.63) is 77.8 Å². The van der Waals surface area contributed by atoms with Crippen molar-refractivity contribution in [3.63, 3.8) is 0 Å². The topological polar surface area (TPSA) is 34.9 Å². The molecular formula is C17H14Cl2N2OS. The molecule has 1 heterocycles. The number of nitrogens with zero attached hydrogens (tertiary/aromatic N) is 2. The van der Waals surface area contributed by atoms with Crippen LogP contribution >= 0.6 is 23.2 Å². The minimum atomic E-state index is -1.22. The molecular weight excluding hydrogens is 351 g/mol. The SMILES string of the molecule is O=S(c1ccc(Cl)cc1)c1ccc(C(Cl)Cn2ccnc2)cc1. The van der Waals surface area contributed by atoms with E-state index in [0.717, 1.165) is 15.4 Å². The Kier molecular flexibility index (Phi) is 5.16. The van der Waals surface area contributed by atoms with E-state index < -0.39 is 10.8 Å². The lowest BCUT2D eigenvalue weighted by atomic mass is 10.1. The van der Waals surface area contributed by atoms with Gasteiger partial charge in [0.1, 0.15) is 0 Å². The lowest BCUT2D eigenvalue weighted by Crippen LogP contribution is -2.02. The summed E-state index contributed by atoms with van der Waals surface area (Å²) in [6.45, 7) is 0.640. The van der Waals surface area contributed by atoms with Gasteiger partial charge in [-0.2, -0.15) is 0 Å². The van der Waals surface area contributed by atoms with Crippen LogP contribution in [-0.2, 0) is 17.3 Å². The Bertz CT molecular complexity index is 786. The van der Waals surface area contributed by atoms with Crippen LogP contribution in [0.25, 0.3) is 0 Å². The molecule has 3 aromatic rings. The fourth-order valence-electron chi connectivity index (χ4n) is 2.18. The van der Waals surface area contributed by atoms with Gasteiger partial charge in [0.2, 0.25) is 0 Å². The first kappa shape index (κ1) is 16.2. The zero-order chi connectivity index (χ0) is 16.2. The molecule has 0 bridgehead atoms. The molecule has 1 aromatic heterocycles.